The van der Waals surface area contributed by atoms with Crippen LogP contribution in [0.4, 0.5) is 0 Å². The van der Waals surface area contributed by atoms with Crippen LogP contribution < -0.4 is 0 Å². The van der Waals surface area contributed by atoms with Crippen LogP contribution in [0.2, 0.25) is 0 Å². The van der Waals surface area contributed by atoms with Crippen LogP contribution in [-0.4, -0.2) is 18.2 Å². The van der Waals surface area contributed by atoms with Crippen LogP contribution in [0.25, 0.3) is 0 Å². The Kier molecular flexibility index (Phi) is 5.64. The van der Waals surface area contributed by atoms with Gasteiger partial charge in [0.1, 0.15) is 0 Å². The van der Waals surface area contributed by atoms with Gasteiger partial charge in [0.05, 0.1) is 12.7 Å². The van der Waals surface area contributed by atoms with Crippen molar-refractivity contribution in [1.82, 2.24) is 0 Å². The third-order valence-corrected chi connectivity index (χ3v) is 1.78. The fourth-order valence-electron chi connectivity index (χ4n) is 1.03. The highest BCUT2D eigenvalue weighted by molar-refractivity contribution is 4.67. The molecule has 0 radical (unpaired) electrons. The minimum Gasteiger partial charge on any atom is -0.412 e. The lowest BCUT2D eigenvalue weighted by Crippen LogP contribution is -1.84. The summed E-state index contributed by atoms with van der Waals surface area (Å²) in [6.07, 6.45) is 7.47. The molecule has 1 atom stereocenters. The summed E-state index contributed by atoms with van der Waals surface area (Å²) >= 11 is 0. The van der Waals surface area contributed by atoms with E-state index in [9.17, 15) is 0 Å². The maximum atomic E-state index is 5.09. The van der Waals surface area contributed by atoms with Crippen LogP contribution in [0.1, 0.15) is 39.0 Å². The summed E-state index contributed by atoms with van der Waals surface area (Å²) in [5.74, 6) is 0. The van der Waals surface area contributed by atoms with E-state index in [2.05, 4.69) is 6.92 Å². The van der Waals surface area contributed by atoms with Crippen molar-refractivity contribution < 1.29 is 10.2 Å². The zero-order valence-corrected chi connectivity index (χ0v) is 6.73. The molecule has 0 spiro atoms. The van der Waals surface area contributed by atoms with Gasteiger partial charge in [0, 0.05) is 0 Å². The average molecular weight is 146 g/mol. The van der Waals surface area contributed by atoms with Crippen molar-refractivity contribution in [3.8, 4) is 0 Å². The van der Waals surface area contributed by atoms with Gasteiger partial charge in [0.2, 0.25) is 0 Å². The van der Waals surface area contributed by atoms with Gasteiger partial charge in [0.25, 0.3) is 0 Å². The smallest absolute Gasteiger partial charge is 0.0810 e. The Hall–Kier alpha value is -0.0800. The van der Waals surface area contributed by atoms with E-state index in [4.69, 9.17) is 4.74 Å². The van der Waals surface area contributed by atoms with E-state index in [1.54, 1.807) is 0 Å². The molecule has 0 aromatic carbocycles. The number of hydrogen-bond donors (Lipinski definition) is 0. The Morgan fingerprint density at radius 1 is 1.30 bits per heavy atom. The molecule has 1 aliphatic heterocycles. The third-order valence-electron chi connectivity index (χ3n) is 1.78. The van der Waals surface area contributed by atoms with E-state index >= 15 is 0 Å². The number of hydrogen-bond acceptors (Lipinski definition) is 1. The van der Waals surface area contributed by atoms with Gasteiger partial charge in [-0.25, -0.2) is 0 Å². The van der Waals surface area contributed by atoms with E-state index in [1.807, 2.05) is 0 Å². The zero-order valence-electron chi connectivity index (χ0n) is 6.73. The van der Waals surface area contributed by atoms with E-state index < -0.39 is 0 Å². The lowest BCUT2D eigenvalue weighted by molar-refractivity contribution is 0.388. The number of unbranched alkanes of at least 4 members (excludes halogenated alkanes) is 3. The monoisotopic (exact) mass is 146 g/mol. The van der Waals surface area contributed by atoms with Crippen LogP contribution in [0.15, 0.2) is 0 Å². The standard InChI is InChI=1S/C8H16O.H2O/c1-2-3-4-5-6-8-7-9-8;/h8H,2-7H2,1H3;1H2. The molecule has 1 saturated heterocycles. The van der Waals surface area contributed by atoms with Crippen molar-refractivity contribution in [1.29, 1.82) is 0 Å². The number of ether oxygens (including phenoxy) is 1. The first-order valence-corrected chi connectivity index (χ1v) is 4.05. The molecule has 1 unspecified atom stereocenters. The molecule has 0 bridgehead atoms. The van der Waals surface area contributed by atoms with Gasteiger partial charge in [-0.15, -0.1) is 0 Å². The Morgan fingerprint density at radius 2 is 2.00 bits per heavy atom. The molecule has 1 aliphatic rings. The van der Waals surface area contributed by atoms with Crippen LogP contribution in [0.3, 0.4) is 0 Å². The summed E-state index contributed by atoms with van der Waals surface area (Å²) in [4.78, 5) is 0. The summed E-state index contributed by atoms with van der Waals surface area (Å²) in [6, 6.07) is 0. The normalized spacial score (nSPS) is 21.9. The Morgan fingerprint density at radius 3 is 2.50 bits per heavy atom. The quantitative estimate of drug-likeness (QED) is 0.428. The predicted molar refractivity (Wildman–Crippen MR) is 42.1 cm³/mol. The van der Waals surface area contributed by atoms with Crippen LogP contribution in [-0.2, 0) is 4.74 Å². The van der Waals surface area contributed by atoms with Gasteiger partial charge >= 0.3 is 0 Å². The van der Waals surface area contributed by atoms with Gasteiger partial charge in [-0.3, -0.25) is 0 Å². The maximum absolute atomic E-state index is 5.09. The van der Waals surface area contributed by atoms with E-state index in [0.717, 1.165) is 6.61 Å². The van der Waals surface area contributed by atoms with Crippen LogP contribution in [0.5, 0.6) is 0 Å². The first-order chi connectivity index (χ1) is 4.43. The maximum Gasteiger partial charge on any atom is 0.0810 e. The fourth-order valence-corrected chi connectivity index (χ4v) is 1.03. The van der Waals surface area contributed by atoms with Crippen LogP contribution >= 0.6 is 0 Å². The molecule has 62 valence electrons. The minimum absolute atomic E-state index is 0. The second-order valence-corrected chi connectivity index (χ2v) is 2.80. The molecule has 2 N–H and O–H groups in total. The SMILES string of the molecule is CCCCCCC1CO1.O. The van der Waals surface area contributed by atoms with Crippen LogP contribution in [0, 0.1) is 0 Å². The summed E-state index contributed by atoms with van der Waals surface area (Å²) in [5, 5.41) is 0. The highest BCUT2D eigenvalue weighted by Gasteiger charge is 2.20. The molecule has 0 saturated carbocycles. The molecule has 2 nitrogen and oxygen atoms in total. The van der Waals surface area contributed by atoms with Crippen molar-refractivity contribution in [2.45, 2.75) is 45.1 Å². The van der Waals surface area contributed by atoms with Gasteiger partial charge in [-0.2, -0.15) is 0 Å². The molecular weight excluding hydrogens is 128 g/mol. The molecule has 1 fully saturated rings. The van der Waals surface area contributed by atoms with Crippen molar-refractivity contribution >= 4 is 0 Å². The Bertz CT molecular complexity index is 69.7. The molecule has 1 rings (SSSR count). The molecule has 0 aliphatic carbocycles. The highest BCUT2D eigenvalue weighted by Crippen LogP contribution is 2.17. The van der Waals surface area contributed by atoms with E-state index in [1.165, 1.54) is 32.1 Å². The van der Waals surface area contributed by atoms with Gasteiger partial charge in [-0.05, 0) is 6.42 Å². The second-order valence-electron chi connectivity index (χ2n) is 2.80. The minimum atomic E-state index is 0. The lowest BCUT2D eigenvalue weighted by atomic mass is 10.1. The molecule has 10 heavy (non-hydrogen) atoms. The lowest BCUT2D eigenvalue weighted by Gasteiger charge is -1.93. The van der Waals surface area contributed by atoms with Gasteiger partial charge in [-0.1, -0.05) is 32.6 Å². The van der Waals surface area contributed by atoms with E-state index in [0.29, 0.717) is 6.10 Å². The Balaban J connectivity index is 0.000000810. The first-order valence-electron chi connectivity index (χ1n) is 4.05. The first kappa shape index (κ1) is 9.92. The molecule has 0 amide bonds. The fraction of sp³-hybridized carbons (Fsp3) is 1.00. The topological polar surface area (TPSA) is 44.0 Å². The zero-order chi connectivity index (χ0) is 6.53. The third kappa shape index (κ3) is 4.77. The molecule has 0 aromatic rings. The molecule has 1 heterocycles. The van der Waals surface area contributed by atoms with Gasteiger partial charge < -0.3 is 10.2 Å². The Labute approximate surface area is 62.9 Å². The predicted octanol–water partition coefficient (Wildman–Crippen LogP) is 1.53. The molecule has 2 heteroatoms. The van der Waals surface area contributed by atoms with E-state index in [-0.39, 0.29) is 5.48 Å². The van der Waals surface area contributed by atoms with Crippen molar-refractivity contribution in [2.24, 2.45) is 0 Å². The molecular formula is C8H18O2. The average Bonchev–Trinajstić information content (AvgIpc) is 2.63. The highest BCUT2D eigenvalue weighted by atomic mass is 16.6. The van der Waals surface area contributed by atoms with Crippen molar-refractivity contribution in [2.75, 3.05) is 6.61 Å². The molecule has 0 aromatic heterocycles. The van der Waals surface area contributed by atoms with Crippen molar-refractivity contribution in [3.63, 3.8) is 0 Å². The summed E-state index contributed by atoms with van der Waals surface area (Å²) in [7, 11) is 0. The number of rotatable bonds is 5. The van der Waals surface area contributed by atoms with Crippen molar-refractivity contribution in [3.05, 3.63) is 0 Å². The summed E-state index contributed by atoms with van der Waals surface area (Å²) < 4.78 is 5.09. The summed E-state index contributed by atoms with van der Waals surface area (Å²) in [5.41, 5.74) is 0. The second kappa shape index (κ2) is 5.69. The number of epoxide rings is 1. The van der Waals surface area contributed by atoms with Gasteiger partial charge in [0.15, 0.2) is 0 Å². The largest absolute Gasteiger partial charge is 0.412 e. The summed E-state index contributed by atoms with van der Waals surface area (Å²) in [6.45, 7) is 3.28.